The van der Waals surface area contributed by atoms with Gasteiger partial charge >= 0.3 is 0 Å². The fraction of sp³-hybridized carbons (Fsp3) is 0.167. The number of fused-ring (bicyclic) bond motifs is 1. The Morgan fingerprint density at radius 3 is 2.86 bits per heavy atom. The van der Waals surface area contributed by atoms with E-state index in [0.29, 0.717) is 36.3 Å². The zero-order chi connectivity index (χ0) is 19.1. The summed E-state index contributed by atoms with van der Waals surface area (Å²) in [7, 11) is 0. The molecule has 1 saturated heterocycles. The zero-order valence-electron chi connectivity index (χ0n) is 14.7. The highest BCUT2D eigenvalue weighted by Crippen LogP contribution is 2.32. The van der Waals surface area contributed by atoms with Crippen LogP contribution in [0.3, 0.4) is 0 Å². The zero-order valence-corrected chi connectivity index (χ0v) is 14.7. The molecule has 0 aliphatic carbocycles. The van der Waals surface area contributed by atoms with E-state index < -0.39 is 5.91 Å². The van der Waals surface area contributed by atoms with E-state index in [4.69, 9.17) is 10.2 Å². The molecule has 1 aliphatic heterocycles. The summed E-state index contributed by atoms with van der Waals surface area (Å²) in [6, 6.07) is 8.22. The van der Waals surface area contributed by atoms with Crippen molar-refractivity contribution in [3.05, 3.63) is 54.2 Å². The molecule has 0 spiro atoms. The van der Waals surface area contributed by atoms with Gasteiger partial charge in [0, 0.05) is 25.2 Å². The minimum absolute atomic E-state index is 0.0963. The smallest absolute Gasteiger partial charge is 0.298 e. The summed E-state index contributed by atoms with van der Waals surface area (Å²) in [5.74, 6) is -0.230. The number of hydrogen-bond acceptors (Lipinski definition) is 8. The number of nitrogens with zero attached hydrogens (tertiary/aromatic N) is 5. The molecule has 0 atom stereocenters. The molecular weight excluding hydrogens is 360 g/mol. The highest BCUT2D eigenvalue weighted by Gasteiger charge is 2.33. The highest BCUT2D eigenvalue weighted by atomic mass is 16.4. The second kappa shape index (κ2) is 6.34. The lowest BCUT2D eigenvalue weighted by Gasteiger charge is -2.37. The van der Waals surface area contributed by atoms with Crippen LogP contribution in [0, 0.1) is 0 Å². The molecule has 0 bridgehead atoms. The molecule has 1 amide bonds. The lowest BCUT2D eigenvalue weighted by molar-refractivity contribution is 0.0995. The average molecular weight is 376 g/mol. The molecule has 5 rings (SSSR count). The van der Waals surface area contributed by atoms with Crippen LogP contribution in [0.1, 0.15) is 22.1 Å². The molecule has 0 radical (unpaired) electrons. The van der Waals surface area contributed by atoms with Crippen molar-refractivity contribution in [1.29, 1.82) is 0 Å². The van der Waals surface area contributed by atoms with E-state index in [0.717, 1.165) is 11.1 Å². The van der Waals surface area contributed by atoms with Crippen molar-refractivity contribution in [2.24, 2.45) is 5.73 Å². The average Bonchev–Trinajstić information content (AvgIpc) is 3.30. The number of carbonyl (C=O) groups excluding carboxylic acids is 1. The monoisotopic (exact) mass is 376 g/mol. The largest absolute Gasteiger partial charge is 0.423 e. The third-order valence-electron chi connectivity index (χ3n) is 4.64. The number of hydrogen-bond donors (Lipinski definition) is 3. The summed E-state index contributed by atoms with van der Waals surface area (Å²) < 4.78 is 5.78. The number of anilines is 3. The Labute approximate surface area is 158 Å². The Morgan fingerprint density at radius 1 is 1.25 bits per heavy atom. The maximum Gasteiger partial charge on any atom is 0.298 e. The number of oxazole rings is 1. The van der Waals surface area contributed by atoms with Gasteiger partial charge in [0.05, 0.1) is 23.8 Å². The molecule has 1 fully saturated rings. The molecule has 1 aliphatic rings. The Bertz CT molecular complexity index is 1110. The SMILES string of the molecule is NC(=O)c1nc(C2CN(c3nc4ccccc4o3)C2)cnc1Nc1cn[nH]c1. The quantitative estimate of drug-likeness (QED) is 0.479. The fourth-order valence-electron chi connectivity index (χ4n) is 3.14. The third kappa shape index (κ3) is 2.80. The number of nitrogens with one attached hydrogen (secondary N) is 2. The van der Waals surface area contributed by atoms with Gasteiger partial charge in [-0.1, -0.05) is 12.1 Å². The molecular formula is C18H16N8O2. The Morgan fingerprint density at radius 2 is 2.11 bits per heavy atom. The molecule has 10 heteroatoms. The number of H-pyrrole nitrogens is 1. The van der Waals surface area contributed by atoms with Gasteiger partial charge in [-0.15, -0.1) is 0 Å². The first-order valence-corrected chi connectivity index (χ1v) is 8.70. The molecule has 4 aromatic rings. The Hall–Kier alpha value is -3.95. The number of aromatic nitrogens is 5. The van der Waals surface area contributed by atoms with Crippen molar-refractivity contribution in [1.82, 2.24) is 25.1 Å². The topological polar surface area (TPSA) is 139 Å². The lowest BCUT2D eigenvalue weighted by atomic mass is 9.97. The van der Waals surface area contributed by atoms with Crippen molar-refractivity contribution in [3.63, 3.8) is 0 Å². The number of primary amides is 1. The molecule has 0 unspecified atom stereocenters. The molecule has 1 aromatic carbocycles. The van der Waals surface area contributed by atoms with Crippen LogP contribution in [0.15, 0.2) is 47.3 Å². The lowest BCUT2D eigenvalue weighted by Crippen LogP contribution is -2.45. The summed E-state index contributed by atoms with van der Waals surface area (Å²) in [5.41, 5.74) is 8.54. The van der Waals surface area contributed by atoms with E-state index in [9.17, 15) is 4.79 Å². The molecule has 28 heavy (non-hydrogen) atoms. The number of nitrogens with two attached hydrogens (primary N) is 1. The van der Waals surface area contributed by atoms with Crippen molar-refractivity contribution < 1.29 is 9.21 Å². The van der Waals surface area contributed by atoms with E-state index in [2.05, 4.69) is 30.5 Å². The van der Waals surface area contributed by atoms with Gasteiger partial charge in [-0.3, -0.25) is 9.89 Å². The molecule has 3 aromatic heterocycles. The first-order chi connectivity index (χ1) is 13.7. The van der Waals surface area contributed by atoms with Crippen LogP contribution in [0.2, 0.25) is 0 Å². The highest BCUT2D eigenvalue weighted by molar-refractivity contribution is 5.96. The molecule has 4 N–H and O–H groups in total. The summed E-state index contributed by atoms with van der Waals surface area (Å²) in [5, 5.41) is 9.50. The second-order valence-corrected chi connectivity index (χ2v) is 6.53. The number of para-hydroxylation sites is 2. The fourth-order valence-corrected chi connectivity index (χ4v) is 3.14. The van der Waals surface area contributed by atoms with E-state index in [-0.39, 0.29) is 11.6 Å². The van der Waals surface area contributed by atoms with Crippen LogP contribution >= 0.6 is 0 Å². The number of carbonyl (C=O) groups is 1. The summed E-state index contributed by atoms with van der Waals surface area (Å²) in [6.45, 7) is 1.35. The molecule has 0 saturated carbocycles. The van der Waals surface area contributed by atoms with E-state index in [1.165, 1.54) is 0 Å². The molecule has 140 valence electrons. The standard InChI is InChI=1S/C18H16N8O2/c19-16(27)15-17(23-11-5-21-22-6-11)20-7-13(24-15)10-8-26(9-10)18-25-12-3-1-2-4-14(12)28-18/h1-7,10H,8-9H2,(H2,19,27)(H,20,23)(H,21,22). The summed E-state index contributed by atoms with van der Waals surface area (Å²) >= 11 is 0. The van der Waals surface area contributed by atoms with Gasteiger partial charge in [-0.05, 0) is 12.1 Å². The minimum Gasteiger partial charge on any atom is -0.423 e. The van der Waals surface area contributed by atoms with Crippen molar-refractivity contribution in [3.8, 4) is 0 Å². The number of rotatable bonds is 5. The normalized spacial score (nSPS) is 14.2. The van der Waals surface area contributed by atoms with Crippen LogP contribution in [0.4, 0.5) is 17.5 Å². The number of aromatic amines is 1. The predicted octanol–water partition coefficient (Wildman–Crippen LogP) is 1.79. The van der Waals surface area contributed by atoms with Crippen LogP contribution < -0.4 is 16.0 Å². The van der Waals surface area contributed by atoms with Gasteiger partial charge in [-0.2, -0.15) is 10.1 Å². The van der Waals surface area contributed by atoms with Gasteiger partial charge < -0.3 is 20.4 Å². The summed E-state index contributed by atoms with van der Waals surface area (Å²) in [4.78, 5) is 27.1. The first kappa shape index (κ1) is 16.2. The maximum atomic E-state index is 11.8. The van der Waals surface area contributed by atoms with Crippen molar-refractivity contribution in [2.45, 2.75) is 5.92 Å². The molecule has 10 nitrogen and oxygen atoms in total. The number of amides is 1. The van der Waals surface area contributed by atoms with Gasteiger partial charge in [0.2, 0.25) is 0 Å². The van der Waals surface area contributed by atoms with Gasteiger partial charge in [0.15, 0.2) is 17.1 Å². The van der Waals surface area contributed by atoms with Crippen molar-refractivity contribution in [2.75, 3.05) is 23.3 Å². The third-order valence-corrected chi connectivity index (χ3v) is 4.64. The Balaban J connectivity index is 1.34. The second-order valence-electron chi connectivity index (χ2n) is 6.53. The van der Waals surface area contributed by atoms with Crippen LogP contribution in [0.5, 0.6) is 0 Å². The minimum atomic E-state index is -0.643. The summed E-state index contributed by atoms with van der Waals surface area (Å²) in [6.07, 6.45) is 4.87. The first-order valence-electron chi connectivity index (χ1n) is 8.70. The maximum absolute atomic E-state index is 11.8. The van der Waals surface area contributed by atoms with E-state index >= 15 is 0 Å². The Kier molecular flexibility index (Phi) is 3.68. The van der Waals surface area contributed by atoms with Crippen LogP contribution in [0.25, 0.3) is 11.1 Å². The van der Waals surface area contributed by atoms with E-state index in [1.807, 2.05) is 29.2 Å². The molecule has 4 heterocycles. The number of benzene rings is 1. The van der Waals surface area contributed by atoms with Crippen LogP contribution in [-0.2, 0) is 0 Å². The van der Waals surface area contributed by atoms with Gasteiger partial charge in [-0.25, -0.2) is 9.97 Å². The van der Waals surface area contributed by atoms with Crippen molar-refractivity contribution >= 4 is 34.5 Å². The van der Waals surface area contributed by atoms with Crippen LogP contribution in [-0.4, -0.2) is 44.1 Å². The van der Waals surface area contributed by atoms with Gasteiger partial charge in [0.1, 0.15) is 5.52 Å². The predicted molar refractivity (Wildman–Crippen MR) is 101 cm³/mol. The van der Waals surface area contributed by atoms with E-state index in [1.54, 1.807) is 18.6 Å². The van der Waals surface area contributed by atoms with Gasteiger partial charge in [0.25, 0.3) is 11.9 Å².